The van der Waals surface area contributed by atoms with Crippen molar-refractivity contribution >= 4 is 33.6 Å². The van der Waals surface area contributed by atoms with E-state index in [9.17, 15) is 15.0 Å². The van der Waals surface area contributed by atoms with Crippen molar-refractivity contribution in [1.29, 1.82) is 0 Å². The summed E-state index contributed by atoms with van der Waals surface area (Å²) < 4.78 is 19.9. The highest BCUT2D eigenvalue weighted by atomic mass is 32.1. The number of carbonyl (C=O) groups is 1. The molecule has 2 N–H and O–H groups in total. The van der Waals surface area contributed by atoms with Crippen LogP contribution in [0.4, 0.5) is 10.6 Å². The molecule has 8 rings (SSSR count). The molecule has 4 aromatic rings. The molecule has 0 amide bonds. The van der Waals surface area contributed by atoms with Gasteiger partial charge in [-0.2, -0.15) is 4.37 Å². The van der Waals surface area contributed by atoms with Gasteiger partial charge in [0.1, 0.15) is 6.61 Å². The van der Waals surface area contributed by atoms with E-state index in [1.54, 1.807) is 11.5 Å². The molecule has 3 heterocycles. The average Bonchev–Trinajstić information content (AvgIpc) is 3.89. The molecule has 2 aromatic carbocycles. The van der Waals surface area contributed by atoms with Gasteiger partial charge in [-0.25, -0.2) is 4.79 Å². The van der Waals surface area contributed by atoms with E-state index in [2.05, 4.69) is 29.2 Å². The third-order valence-corrected chi connectivity index (χ3v) is 12.5. The SMILES string of the molecule is O=C(OCc1ccccc1)OC[N+]1(CC2CCCCC2Cn2c(O)c3c(c2O)C2CCC3C2)CCN(c2nsc3ccccc23)CC1. The minimum absolute atomic E-state index is 0.185. The topological polar surface area (TPSA) is 97.0 Å². The van der Waals surface area contributed by atoms with E-state index in [0.717, 1.165) is 93.8 Å². The normalized spacial score (nSPS) is 24.8. The highest BCUT2D eigenvalue weighted by Crippen LogP contribution is 2.60. The quantitative estimate of drug-likeness (QED) is 0.144. The van der Waals surface area contributed by atoms with E-state index in [4.69, 9.17) is 13.8 Å². The molecule has 2 bridgehead atoms. The number of ether oxygens (including phenoxy) is 2. The van der Waals surface area contributed by atoms with Crippen molar-refractivity contribution in [2.75, 3.05) is 44.4 Å². The molecular weight excluding hydrogens is 612 g/mol. The maximum Gasteiger partial charge on any atom is 0.512 e. The fourth-order valence-electron chi connectivity index (χ4n) is 9.13. The Labute approximate surface area is 280 Å². The van der Waals surface area contributed by atoms with Gasteiger partial charge in [0.2, 0.25) is 6.73 Å². The number of carbonyl (C=O) groups excluding carboxylic acids is 1. The molecule has 10 heteroatoms. The molecule has 3 aliphatic carbocycles. The predicted octanol–water partition coefficient (Wildman–Crippen LogP) is 7.33. The van der Waals surface area contributed by atoms with Gasteiger partial charge in [-0.05, 0) is 79.1 Å². The van der Waals surface area contributed by atoms with Gasteiger partial charge in [0.05, 0.1) is 37.4 Å². The summed E-state index contributed by atoms with van der Waals surface area (Å²) >= 11 is 1.54. The summed E-state index contributed by atoms with van der Waals surface area (Å²) in [6.45, 7) is 5.27. The molecule has 2 aromatic heterocycles. The lowest BCUT2D eigenvalue weighted by Gasteiger charge is -2.47. The van der Waals surface area contributed by atoms with Crippen molar-refractivity contribution < 1.29 is 29.0 Å². The van der Waals surface area contributed by atoms with Crippen LogP contribution in [0.15, 0.2) is 54.6 Å². The number of hydrogen-bond acceptors (Lipinski definition) is 8. The molecule has 4 unspecified atom stereocenters. The molecule has 4 aliphatic rings. The fourth-order valence-corrected chi connectivity index (χ4v) is 9.92. The van der Waals surface area contributed by atoms with Crippen molar-refractivity contribution in [3.8, 4) is 11.8 Å². The van der Waals surface area contributed by atoms with Gasteiger partial charge < -0.3 is 24.6 Å². The maximum absolute atomic E-state index is 12.9. The van der Waals surface area contributed by atoms with Crippen LogP contribution in [-0.4, -0.2) is 69.2 Å². The van der Waals surface area contributed by atoms with E-state index in [1.165, 1.54) is 16.5 Å². The first-order valence-electron chi connectivity index (χ1n) is 17.4. The first-order valence-corrected chi connectivity index (χ1v) is 18.2. The van der Waals surface area contributed by atoms with Gasteiger partial charge in [-0.3, -0.25) is 9.05 Å². The van der Waals surface area contributed by atoms with Crippen molar-refractivity contribution in [1.82, 2.24) is 8.94 Å². The predicted molar refractivity (Wildman–Crippen MR) is 182 cm³/mol. The van der Waals surface area contributed by atoms with Crippen LogP contribution < -0.4 is 4.90 Å². The Morgan fingerprint density at radius 3 is 2.30 bits per heavy atom. The molecule has 1 saturated heterocycles. The Kier molecular flexibility index (Phi) is 8.25. The zero-order valence-corrected chi connectivity index (χ0v) is 27.7. The van der Waals surface area contributed by atoms with E-state index in [-0.39, 0.29) is 13.3 Å². The Hall–Kier alpha value is -3.76. The number of quaternary nitrogens is 1. The van der Waals surface area contributed by atoms with E-state index in [0.29, 0.717) is 46.5 Å². The molecule has 0 spiro atoms. The summed E-state index contributed by atoms with van der Waals surface area (Å²) in [5.74, 6) is 3.13. The van der Waals surface area contributed by atoms with Crippen LogP contribution in [0.3, 0.4) is 0 Å². The smallest absolute Gasteiger partial charge is 0.494 e. The Morgan fingerprint density at radius 1 is 0.872 bits per heavy atom. The number of hydrogen-bond donors (Lipinski definition) is 2. The lowest BCUT2D eigenvalue weighted by molar-refractivity contribution is -0.947. The summed E-state index contributed by atoms with van der Waals surface area (Å²) in [4.78, 5) is 15.2. The van der Waals surface area contributed by atoms with E-state index >= 15 is 0 Å². The first-order chi connectivity index (χ1) is 23.0. The number of aromatic hydroxyl groups is 2. The standard InChI is InChI=1S/C37H44N4O5S/c42-35-32-26-14-15-27(20-26)33(32)36(43)40(35)21-28-10-4-5-11-29(28)22-41(24-46-37(44)45-23-25-8-2-1-3-9-25)18-16-39(17-19-41)34-30-12-6-7-13-31(30)47-38-34/h1-3,6-9,12-13,26-29H,4-5,10-11,14-24H2,(H-,42,43)/p+1. The largest absolute Gasteiger partial charge is 0.512 e. The molecule has 4 atom stereocenters. The van der Waals surface area contributed by atoms with Gasteiger partial charge in [-0.15, -0.1) is 0 Å². The summed E-state index contributed by atoms with van der Waals surface area (Å²) in [6, 6.07) is 18.1. The third kappa shape index (κ3) is 5.84. The van der Waals surface area contributed by atoms with E-state index in [1.807, 2.05) is 34.9 Å². The van der Waals surface area contributed by atoms with Crippen molar-refractivity contribution in [3.05, 3.63) is 71.3 Å². The van der Waals surface area contributed by atoms with Crippen molar-refractivity contribution in [2.45, 2.75) is 69.9 Å². The summed E-state index contributed by atoms with van der Waals surface area (Å²) in [7, 11) is 0. The van der Waals surface area contributed by atoms with Crippen LogP contribution in [0, 0.1) is 11.8 Å². The van der Waals surface area contributed by atoms with Crippen LogP contribution in [0.5, 0.6) is 11.8 Å². The molecule has 2 saturated carbocycles. The molecule has 1 aliphatic heterocycles. The highest BCUT2D eigenvalue weighted by molar-refractivity contribution is 7.13. The number of nitrogens with zero attached hydrogens (tertiary/aromatic N) is 4. The highest BCUT2D eigenvalue weighted by Gasteiger charge is 2.45. The maximum atomic E-state index is 12.9. The number of anilines is 1. The third-order valence-electron chi connectivity index (χ3n) is 11.6. The average molecular weight is 658 g/mol. The summed E-state index contributed by atoms with van der Waals surface area (Å²) in [5.41, 5.74) is 2.96. The molecule has 0 radical (unpaired) electrons. The van der Waals surface area contributed by atoms with Crippen molar-refractivity contribution in [3.63, 3.8) is 0 Å². The number of rotatable bonds is 9. The second-order valence-electron chi connectivity index (χ2n) is 14.4. The summed E-state index contributed by atoms with van der Waals surface area (Å²) in [6.07, 6.45) is 7.15. The zero-order valence-electron chi connectivity index (χ0n) is 26.9. The molecule has 9 nitrogen and oxygen atoms in total. The lowest BCUT2D eigenvalue weighted by atomic mass is 9.78. The van der Waals surface area contributed by atoms with Gasteiger partial charge in [0.25, 0.3) is 0 Å². The van der Waals surface area contributed by atoms with Gasteiger partial charge in [-0.1, -0.05) is 55.3 Å². The van der Waals surface area contributed by atoms with Gasteiger partial charge >= 0.3 is 6.16 Å². The van der Waals surface area contributed by atoms with Crippen LogP contribution in [0.2, 0.25) is 0 Å². The number of fused-ring (bicyclic) bond motifs is 6. The van der Waals surface area contributed by atoms with Crippen LogP contribution in [0.25, 0.3) is 10.1 Å². The van der Waals surface area contributed by atoms with Gasteiger partial charge in [0, 0.05) is 29.0 Å². The van der Waals surface area contributed by atoms with Crippen LogP contribution >= 0.6 is 11.5 Å². The number of aromatic nitrogens is 2. The molecule has 248 valence electrons. The summed E-state index contributed by atoms with van der Waals surface area (Å²) in [5, 5.41) is 23.9. The Morgan fingerprint density at radius 2 is 1.55 bits per heavy atom. The van der Waals surface area contributed by atoms with Crippen LogP contribution in [0.1, 0.15) is 73.5 Å². The first kappa shape index (κ1) is 30.6. The van der Waals surface area contributed by atoms with Crippen LogP contribution in [-0.2, 0) is 22.6 Å². The molecular formula is C37H45N4O5S+. The number of piperazine rings is 1. The number of benzene rings is 2. The monoisotopic (exact) mass is 657 g/mol. The zero-order chi connectivity index (χ0) is 32.0. The Bertz CT molecular complexity index is 1700. The van der Waals surface area contributed by atoms with Gasteiger partial charge in [0.15, 0.2) is 17.6 Å². The van der Waals surface area contributed by atoms with Crippen molar-refractivity contribution in [2.24, 2.45) is 11.8 Å². The second kappa shape index (κ2) is 12.7. The fraction of sp³-hybridized carbons (Fsp3) is 0.514. The van der Waals surface area contributed by atoms with E-state index < -0.39 is 6.16 Å². The second-order valence-corrected chi connectivity index (χ2v) is 15.2. The lowest BCUT2D eigenvalue weighted by Crippen LogP contribution is -2.63. The Balaban J connectivity index is 0.998. The minimum Gasteiger partial charge on any atom is -0.494 e. The molecule has 47 heavy (non-hydrogen) atoms. The minimum atomic E-state index is -0.634. The molecule has 3 fully saturated rings.